The van der Waals surface area contributed by atoms with Gasteiger partial charge in [0.25, 0.3) is 0 Å². The molecule has 2 rings (SSSR count). The smallest absolute Gasteiger partial charge is 0.0697 e. The summed E-state index contributed by atoms with van der Waals surface area (Å²) in [5.74, 6) is 0. The zero-order valence-electron chi connectivity index (χ0n) is 11.1. The molecule has 0 bridgehead atoms. The van der Waals surface area contributed by atoms with Gasteiger partial charge in [0.2, 0.25) is 0 Å². The molecule has 1 aromatic rings. The van der Waals surface area contributed by atoms with Crippen molar-refractivity contribution < 1.29 is 4.74 Å². The van der Waals surface area contributed by atoms with E-state index in [9.17, 15) is 0 Å². The van der Waals surface area contributed by atoms with Gasteiger partial charge in [-0.3, -0.25) is 0 Å². The normalized spacial score (nSPS) is 19.9. The van der Waals surface area contributed by atoms with Crippen molar-refractivity contribution in [3.63, 3.8) is 0 Å². The van der Waals surface area contributed by atoms with Crippen LogP contribution < -0.4 is 5.32 Å². The molecule has 1 aliphatic rings. The Morgan fingerprint density at radius 3 is 2.65 bits per heavy atom. The van der Waals surface area contributed by atoms with Crippen molar-refractivity contribution in [2.24, 2.45) is 0 Å². The first-order chi connectivity index (χ1) is 8.19. The summed E-state index contributed by atoms with van der Waals surface area (Å²) in [6.45, 7) is 5.36. The maximum atomic E-state index is 5.74. The number of aryl methyl sites for hydroxylation is 1. The molecular formula is C14H23NOS. The number of rotatable bonds is 6. The number of hydrogen-bond acceptors (Lipinski definition) is 3. The van der Waals surface area contributed by atoms with Crippen molar-refractivity contribution in [3.8, 4) is 0 Å². The van der Waals surface area contributed by atoms with Crippen molar-refractivity contribution in [2.75, 3.05) is 13.7 Å². The molecule has 0 amide bonds. The summed E-state index contributed by atoms with van der Waals surface area (Å²) in [4.78, 5) is 2.84. The van der Waals surface area contributed by atoms with E-state index in [1.807, 2.05) is 18.4 Å². The highest BCUT2D eigenvalue weighted by Crippen LogP contribution is 2.42. The molecule has 1 atom stereocenters. The molecular weight excluding hydrogens is 230 g/mol. The van der Waals surface area contributed by atoms with E-state index >= 15 is 0 Å². The molecule has 0 spiro atoms. The van der Waals surface area contributed by atoms with E-state index < -0.39 is 0 Å². The largest absolute Gasteiger partial charge is 0.378 e. The molecule has 0 radical (unpaired) electrons. The van der Waals surface area contributed by atoms with Crippen LogP contribution in [0.3, 0.4) is 0 Å². The second kappa shape index (κ2) is 5.51. The fraction of sp³-hybridized carbons (Fsp3) is 0.714. The van der Waals surface area contributed by atoms with E-state index in [0.717, 1.165) is 13.0 Å². The van der Waals surface area contributed by atoms with Crippen LogP contribution in [0, 0.1) is 6.92 Å². The van der Waals surface area contributed by atoms with Crippen LogP contribution in [0.4, 0.5) is 0 Å². The third kappa shape index (κ3) is 2.90. The molecule has 1 N–H and O–H groups in total. The number of ether oxygens (including phenoxy) is 1. The van der Waals surface area contributed by atoms with E-state index in [1.54, 1.807) is 0 Å². The number of thiophene rings is 1. The summed E-state index contributed by atoms with van der Waals surface area (Å²) in [7, 11) is 1.86. The van der Waals surface area contributed by atoms with Crippen LogP contribution in [-0.2, 0) is 4.74 Å². The fourth-order valence-corrected chi connectivity index (χ4v) is 3.55. The topological polar surface area (TPSA) is 21.3 Å². The summed E-state index contributed by atoms with van der Waals surface area (Å²) >= 11 is 1.90. The first-order valence-electron chi connectivity index (χ1n) is 6.54. The highest BCUT2D eigenvalue weighted by atomic mass is 32.1. The van der Waals surface area contributed by atoms with Crippen LogP contribution in [0.15, 0.2) is 12.1 Å². The zero-order chi connectivity index (χ0) is 12.3. The minimum atomic E-state index is 0.144. The van der Waals surface area contributed by atoms with Crippen molar-refractivity contribution in [3.05, 3.63) is 21.9 Å². The fourth-order valence-electron chi connectivity index (χ4n) is 2.60. The maximum absolute atomic E-state index is 5.74. The average Bonchev–Trinajstić information content (AvgIpc) is 2.69. The summed E-state index contributed by atoms with van der Waals surface area (Å²) in [6, 6.07) is 4.93. The standard InChI is InChI=1S/C14H23NOS/c1-4-15-12(13-7-6-11(2)17-13)10-14(16-3)8-5-9-14/h6-7,12,15H,4-5,8-10H2,1-3H3. The Morgan fingerprint density at radius 1 is 1.47 bits per heavy atom. The molecule has 1 heterocycles. The van der Waals surface area contributed by atoms with Gasteiger partial charge in [-0.15, -0.1) is 11.3 Å². The lowest BCUT2D eigenvalue weighted by Gasteiger charge is -2.42. The molecule has 2 nitrogen and oxygen atoms in total. The molecule has 0 aromatic carbocycles. The van der Waals surface area contributed by atoms with E-state index in [1.165, 1.54) is 29.0 Å². The molecule has 0 saturated heterocycles. The van der Waals surface area contributed by atoms with Gasteiger partial charge in [-0.05, 0) is 51.3 Å². The van der Waals surface area contributed by atoms with Crippen LogP contribution >= 0.6 is 11.3 Å². The predicted octanol–water partition coefficient (Wildman–Crippen LogP) is 3.67. The molecule has 1 aliphatic carbocycles. The molecule has 96 valence electrons. The van der Waals surface area contributed by atoms with Gasteiger partial charge in [-0.2, -0.15) is 0 Å². The molecule has 0 aliphatic heterocycles. The lowest BCUT2D eigenvalue weighted by molar-refractivity contribution is -0.0835. The van der Waals surface area contributed by atoms with Crippen molar-refractivity contribution in [2.45, 2.75) is 51.2 Å². The van der Waals surface area contributed by atoms with Crippen LogP contribution in [0.1, 0.15) is 48.4 Å². The van der Waals surface area contributed by atoms with Gasteiger partial charge in [0.1, 0.15) is 0 Å². The number of methoxy groups -OCH3 is 1. The van der Waals surface area contributed by atoms with Crippen LogP contribution in [0.2, 0.25) is 0 Å². The third-order valence-corrected chi connectivity index (χ3v) is 4.94. The van der Waals surface area contributed by atoms with E-state index in [0.29, 0.717) is 6.04 Å². The third-order valence-electron chi connectivity index (χ3n) is 3.83. The van der Waals surface area contributed by atoms with Gasteiger partial charge in [-0.1, -0.05) is 6.92 Å². The molecule has 1 unspecified atom stereocenters. The summed E-state index contributed by atoms with van der Waals surface area (Å²) in [5, 5.41) is 3.60. The highest BCUT2D eigenvalue weighted by Gasteiger charge is 2.39. The highest BCUT2D eigenvalue weighted by molar-refractivity contribution is 7.12. The van der Waals surface area contributed by atoms with Crippen LogP contribution in [-0.4, -0.2) is 19.3 Å². The maximum Gasteiger partial charge on any atom is 0.0697 e. The second-order valence-electron chi connectivity index (χ2n) is 5.00. The summed E-state index contributed by atoms with van der Waals surface area (Å²) in [6.07, 6.45) is 4.86. The quantitative estimate of drug-likeness (QED) is 0.835. The van der Waals surface area contributed by atoms with E-state index in [2.05, 4.69) is 31.3 Å². The van der Waals surface area contributed by atoms with Crippen molar-refractivity contribution in [1.29, 1.82) is 0 Å². The van der Waals surface area contributed by atoms with E-state index in [4.69, 9.17) is 4.74 Å². The zero-order valence-corrected chi connectivity index (χ0v) is 11.9. The van der Waals surface area contributed by atoms with Crippen LogP contribution in [0.5, 0.6) is 0 Å². The number of nitrogens with one attached hydrogen (secondary N) is 1. The summed E-state index contributed by atoms with van der Waals surface area (Å²) in [5.41, 5.74) is 0.144. The minimum Gasteiger partial charge on any atom is -0.378 e. The second-order valence-corrected chi connectivity index (χ2v) is 6.32. The van der Waals surface area contributed by atoms with Gasteiger partial charge in [0.05, 0.1) is 5.60 Å². The lowest BCUT2D eigenvalue weighted by Crippen LogP contribution is -2.42. The Hall–Kier alpha value is -0.380. The first-order valence-corrected chi connectivity index (χ1v) is 7.35. The first kappa shape index (κ1) is 13.1. The summed E-state index contributed by atoms with van der Waals surface area (Å²) < 4.78 is 5.74. The average molecular weight is 253 g/mol. The van der Waals surface area contributed by atoms with Gasteiger partial charge in [0.15, 0.2) is 0 Å². The molecule has 17 heavy (non-hydrogen) atoms. The van der Waals surface area contributed by atoms with Gasteiger partial charge < -0.3 is 10.1 Å². The minimum absolute atomic E-state index is 0.144. The Labute approximate surface area is 108 Å². The lowest BCUT2D eigenvalue weighted by atomic mass is 9.75. The Morgan fingerprint density at radius 2 is 2.24 bits per heavy atom. The molecule has 1 saturated carbocycles. The van der Waals surface area contributed by atoms with Gasteiger partial charge >= 0.3 is 0 Å². The Bertz CT molecular complexity index is 351. The monoisotopic (exact) mass is 253 g/mol. The van der Waals surface area contributed by atoms with Gasteiger partial charge in [0, 0.05) is 22.9 Å². The molecule has 3 heteroatoms. The Balaban J connectivity index is 2.06. The SMILES string of the molecule is CCNC(CC1(OC)CCC1)c1ccc(C)s1. The van der Waals surface area contributed by atoms with Crippen molar-refractivity contribution >= 4 is 11.3 Å². The van der Waals surface area contributed by atoms with Crippen LogP contribution in [0.25, 0.3) is 0 Å². The number of hydrogen-bond donors (Lipinski definition) is 1. The molecule has 1 aromatic heterocycles. The molecule has 1 fully saturated rings. The van der Waals surface area contributed by atoms with Crippen molar-refractivity contribution in [1.82, 2.24) is 5.32 Å². The van der Waals surface area contributed by atoms with Gasteiger partial charge in [-0.25, -0.2) is 0 Å². The predicted molar refractivity (Wildman–Crippen MR) is 73.7 cm³/mol. The Kier molecular flexibility index (Phi) is 4.23. The van der Waals surface area contributed by atoms with E-state index in [-0.39, 0.29) is 5.60 Å².